The van der Waals surface area contributed by atoms with Gasteiger partial charge in [0.25, 0.3) is 0 Å². The highest BCUT2D eigenvalue weighted by Crippen LogP contribution is 2.64. The number of Topliss-reactive ketones (excluding diaryl/α,β-unsaturated/α-hetero) is 1. The molecule has 16 nitrogen and oxygen atoms in total. The zero-order chi connectivity index (χ0) is 54.9. The lowest BCUT2D eigenvalue weighted by Crippen LogP contribution is -2.81. The van der Waals surface area contributed by atoms with Crippen LogP contribution in [0.5, 0.6) is 0 Å². The zero-order valence-corrected chi connectivity index (χ0v) is 45.7. The second-order valence-electron chi connectivity index (χ2n) is 23.0. The van der Waals surface area contributed by atoms with E-state index in [1.165, 1.54) is 84.3 Å². The molecule has 11 atom stereocenters. The average molecular weight is 1050 g/mol. The van der Waals surface area contributed by atoms with Crippen molar-refractivity contribution in [3.05, 3.63) is 82.9 Å². The van der Waals surface area contributed by atoms with Gasteiger partial charge >= 0.3 is 30.0 Å². The quantitative estimate of drug-likeness (QED) is 0.0352. The van der Waals surface area contributed by atoms with Crippen molar-refractivity contribution in [1.82, 2.24) is 5.32 Å². The van der Waals surface area contributed by atoms with E-state index in [0.29, 0.717) is 12.0 Å². The third-order valence-corrected chi connectivity index (χ3v) is 16.3. The highest BCUT2D eigenvalue weighted by molar-refractivity contribution is 5.94. The van der Waals surface area contributed by atoms with Crippen molar-refractivity contribution < 1.29 is 72.5 Å². The Morgan fingerprint density at radius 1 is 0.813 bits per heavy atom. The second kappa shape index (κ2) is 24.9. The van der Waals surface area contributed by atoms with E-state index in [1.54, 1.807) is 83.1 Å². The molecule has 0 aromatic heterocycles. The second-order valence-corrected chi connectivity index (χ2v) is 23.0. The van der Waals surface area contributed by atoms with E-state index in [-0.39, 0.29) is 36.2 Å². The Morgan fingerprint density at radius 3 is 1.91 bits per heavy atom. The molecular weight excluding hydrogens is 963 g/mol. The van der Waals surface area contributed by atoms with E-state index < -0.39 is 118 Å². The molecule has 2 bridgehead atoms. The smallest absolute Gasteiger partial charge is 0.408 e. The summed E-state index contributed by atoms with van der Waals surface area (Å²) in [5, 5.41) is 41.1. The monoisotopic (exact) mass is 1050 g/mol. The Hall–Kier alpha value is -5.16. The highest BCUT2D eigenvalue weighted by atomic mass is 16.6. The Labute approximate surface area is 443 Å². The zero-order valence-electron chi connectivity index (χ0n) is 45.7. The number of unbranched alkanes of at least 4 members (excludes halogenated alkanes) is 12. The minimum atomic E-state index is -2.40. The maximum Gasteiger partial charge on any atom is 0.408 e. The summed E-state index contributed by atoms with van der Waals surface area (Å²) in [4.78, 5) is 85.5. The van der Waals surface area contributed by atoms with E-state index in [0.717, 1.165) is 25.7 Å². The van der Waals surface area contributed by atoms with Crippen molar-refractivity contribution in [1.29, 1.82) is 0 Å². The minimum absolute atomic E-state index is 0.0422. The van der Waals surface area contributed by atoms with Crippen LogP contribution in [-0.4, -0.2) is 111 Å². The van der Waals surface area contributed by atoms with Gasteiger partial charge in [0.15, 0.2) is 11.4 Å². The van der Waals surface area contributed by atoms with Gasteiger partial charge in [0.05, 0.1) is 29.6 Å². The van der Waals surface area contributed by atoms with Crippen LogP contribution in [0.15, 0.2) is 71.8 Å². The fourth-order valence-electron chi connectivity index (χ4n) is 12.2. The molecule has 11 unspecified atom stereocenters. The van der Waals surface area contributed by atoms with Gasteiger partial charge in [-0.25, -0.2) is 14.4 Å². The number of nitrogens with one attached hydrogen (secondary N) is 1. The summed E-state index contributed by atoms with van der Waals surface area (Å²) in [5.41, 5.74) is -8.31. The van der Waals surface area contributed by atoms with Crippen molar-refractivity contribution in [3.8, 4) is 0 Å². The van der Waals surface area contributed by atoms with Gasteiger partial charge in [0, 0.05) is 31.6 Å². The molecule has 3 fully saturated rings. The summed E-state index contributed by atoms with van der Waals surface area (Å²) in [5.74, 6) is -6.04. The lowest BCUT2D eigenvalue weighted by Gasteiger charge is -2.67. The van der Waals surface area contributed by atoms with Gasteiger partial charge in [-0.1, -0.05) is 146 Å². The number of rotatable bonds is 23. The van der Waals surface area contributed by atoms with E-state index in [1.807, 2.05) is 0 Å². The number of aliphatic hydroxyl groups is 3. The topological polar surface area (TPSA) is 231 Å². The van der Waals surface area contributed by atoms with E-state index in [2.05, 4.69) is 12.2 Å². The highest BCUT2D eigenvalue weighted by Gasteiger charge is 2.78. The maximum absolute atomic E-state index is 15.3. The summed E-state index contributed by atoms with van der Waals surface area (Å²) < 4.78 is 36.5. The lowest BCUT2D eigenvalue weighted by atomic mass is 9.44. The predicted molar refractivity (Wildman–Crippen MR) is 278 cm³/mol. The summed E-state index contributed by atoms with van der Waals surface area (Å²) in [6.45, 7) is 14.2. The van der Waals surface area contributed by atoms with Crippen molar-refractivity contribution in [2.45, 2.75) is 225 Å². The van der Waals surface area contributed by atoms with Gasteiger partial charge in [-0.15, -0.1) is 0 Å². The first-order valence-electron chi connectivity index (χ1n) is 27.3. The SMILES string of the molecule is CCCCCCCCCCCCCCCC(=O)OC(C(=O)OC1CC2(O)C(OC(=O)c3ccccc3)C3C4(OC(C)=O)COC4CC(O)C3(C)C(=O)C(O)C(=C1C)C2(C)C)C(NC(=O)OC(C)(C)C)c1ccccc1. The Balaban J connectivity index is 1.36. The fourth-order valence-corrected chi connectivity index (χ4v) is 12.2. The molecule has 1 saturated heterocycles. The molecule has 4 aliphatic rings. The first kappa shape index (κ1) is 59.1. The van der Waals surface area contributed by atoms with E-state index >= 15 is 9.59 Å². The van der Waals surface area contributed by atoms with Gasteiger partial charge in [-0.05, 0) is 69.9 Å². The third kappa shape index (κ3) is 13.0. The number of fused-ring (bicyclic) bond motifs is 5. The first-order chi connectivity index (χ1) is 35.4. The molecule has 2 aromatic carbocycles. The molecule has 6 rings (SSSR count). The molecule has 0 radical (unpaired) electrons. The standard InChI is InChI=1S/C59H83NO15/c1-10-11-12-13-14-15-16-17-18-19-20-21-28-33-44(63)72-48(46(39-29-24-22-25-30-39)60-54(68)75-55(4,5)6)53(67)71-41-35-59(69)51(73-52(66)40-31-26-23-27-32-40)49-57(9,50(65)47(64)45(37(41)2)56(59,7)8)42(62)34-43-58(49,36-70-43)74-38(3)61/h22-27,29-32,41-43,46-49,51,62,64,69H,10-21,28,33-36H2,1-9H3,(H,60,68). The number of amides is 1. The van der Waals surface area contributed by atoms with E-state index in [4.69, 9.17) is 28.4 Å². The number of aliphatic hydroxyl groups excluding tert-OH is 2. The number of hydrogen-bond acceptors (Lipinski definition) is 15. The van der Waals surface area contributed by atoms with Crippen LogP contribution in [0.2, 0.25) is 0 Å². The van der Waals surface area contributed by atoms with Crippen molar-refractivity contribution in [2.24, 2.45) is 16.7 Å². The maximum atomic E-state index is 15.3. The first-order valence-corrected chi connectivity index (χ1v) is 27.3. The van der Waals surface area contributed by atoms with Crippen molar-refractivity contribution in [2.75, 3.05) is 6.61 Å². The fraction of sp³-hybridized carbons (Fsp3) is 0.661. The molecule has 0 spiro atoms. The van der Waals surface area contributed by atoms with Gasteiger partial charge in [0.1, 0.15) is 41.7 Å². The number of carbonyl (C=O) groups is 6. The summed E-state index contributed by atoms with van der Waals surface area (Å²) in [7, 11) is 0. The van der Waals surface area contributed by atoms with Crippen LogP contribution in [0.1, 0.15) is 187 Å². The molecule has 2 saturated carbocycles. The van der Waals surface area contributed by atoms with Crippen molar-refractivity contribution >= 4 is 35.8 Å². The largest absolute Gasteiger partial charge is 0.455 e. The van der Waals surface area contributed by atoms with Crippen LogP contribution in [0.3, 0.4) is 0 Å². The molecular formula is C59H83NO15. The van der Waals surface area contributed by atoms with Gasteiger partial charge in [-0.2, -0.15) is 0 Å². The summed E-state index contributed by atoms with van der Waals surface area (Å²) in [6, 6.07) is 14.9. The van der Waals surface area contributed by atoms with Crippen LogP contribution in [0.25, 0.3) is 0 Å². The molecule has 1 amide bonds. The predicted octanol–water partition coefficient (Wildman–Crippen LogP) is 9.29. The van der Waals surface area contributed by atoms with Gasteiger partial charge < -0.3 is 49.1 Å². The Morgan fingerprint density at radius 2 is 1.37 bits per heavy atom. The molecule has 75 heavy (non-hydrogen) atoms. The number of ether oxygens (including phenoxy) is 6. The van der Waals surface area contributed by atoms with Crippen molar-refractivity contribution in [3.63, 3.8) is 0 Å². The number of carbonyl (C=O) groups excluding carboxylic acids is 6. The van der Waals surface area contributed by atoms with E-state index in [9.17, 15) is 34.5 Å². The molecule has 1 heterocycles. The molecule has 4 N–H and O–H groups in total. The normalized spacial score (nSPS) is 28.7. The van der Waals surface area contributed by atoms with Crippen LogP contribution in [-0.2, 0) is 47.6 Å². The average Bonchev–Trinajstić information content (AvgIpc) is 3.35. The molecule has 2 aromatic rings. The Kier molecular flexibility index (Phi) is 19.6. The Bertz CT molecular complexity index is 2350. The van der Waals surface area contributed by atoms with Crippen LogP contribution in [0, 0.1) is 16.7 Å². The number of esters is 4. The number of alkyl carbamates (subject to hydrolysis) is 1. The van der Waals surface area contributed by atoms with Gasteiger partial charge in [-0.3, -0.25) is 14.4 Å². The molecule has 16 heteroatoms. The lowest BCUT2D eigenvalue weighted by molar-refractivity contribution is -0.346. The molecule has 414 valence electrons. The third-order valence-electron chi connectivity index (χ3n) is 16.3. The molecule has 3 aliphatic carbocycles. The van der Waals surface area contributed by atoms with Crippen LogP contribution < -0.4 is 5.32 Å². The van der Waals surface area contributed by atoms with Gasteiger partial charge in [0.2, 0.25) is 6.10 Å². The summed E-state index contributed by atoms with van der Waals surface area (Å²) in [6.07, 6.45) is 2.78. The van der Waals surface area contributed by atoms with Crippen LogP contribution >= 0.6 is 0 Å². The molecule has 1 aliphatic heterocycles. The summed E-state index contributed by atoms with van der Waals surface area (Å²) >= 11 is 0. The number of ketones is 1. The van der Waals surface area contributed by atoms with Crippen LogP contribution in [0.4, 0.5) is 4.79 Å². The number of benzene rings is 2. The minimum Gasteiger partial charge on any atom is -0.455 e. The number of hydrogen-bond donors (Lipinski definition) is 4.